The molecule has 3 nitrogen and oxygen atoms in total. The molecule has 0 heterocycles. The van der Waals surface area contributed by atoms with Gasteiger partial charge >= 0.3 is 0 Å². The fraction of sp³-hybridized carbons (Fsp3) is 0.533. The summed E-state index contributed by atoms with van der Waals surface area (Å²) in [5.41, 5.74) is -0.889. The van der Waals surface area contributed by atoms with Gasteiger partial charge in [0.05, 0.1) is 6.54 Å². The number of benzene rings is 1. The van der Waals surface area contributed by atoms with Crippen LogP contribution in [0.4, 0.5) is 22.0 Å². The molecule has 0 radical (unpaired) electrons. The van der Waals surface area contributed by atoms with Crippen LogP contribution in [0, 0.1) is 35.0 Å². The zero-order chi connectivity index (χ0) is 17.1. The van der Waals surface area contributed by atoms with Crippen molar-refractivity contribution in [2.24, 2.45) is 5.92 Å². The average Bonchev–Trinajstić information content (AvgIpc) is 3.35. The van der Waals surface area contributed by atoms with Crippen molar-refractivity contribution in [1.82, 2.24) is 10.6 Å². The highest BCUT2D eigenvalue weighted by molar-refractivity contribution is 5.78. The zero-order valence-corrected chi connectivity index (χ0v) is 12.5. The van der Waals surface area contributed by atoms with E-state index in [4.69, 9.17) is 0 Å². The molecule has 1 aliphatic carbocycles. The summed E-state index contributed by atoms with van der Waals surface area (Å²) in [6, 6.07) is -0.644. The molecule has 2 rings (SSSR count). The summed E-state index contributed by atoms with van der Waals surface area (Å²) >= 11 is 0. The maximum absolute atomic E-state index is 13.6. The number of halogens is 5. The van der Waals surface area contributed by atoms with Crippen LogP contribution in [-0.2, 0) is 11.2 Å². The third kappa shape index (κ3) is 4.40. The summed E-state index contributed by atoms with van der Waals surface area (Å²) < 4.78 is 66.3. The van der Waals surface area contributed by atoms with Gasteiger partial charge in [-0.05, 0) is 32.1 Å². The minimum absolute atomic E-state index is 0.0940. The monoisotopic (exact) mass is 336 g/mol. The van der Waals surface area contributed by atoms with E-state index >= 15 is 0 Å². The van der Waals surface area contributed by atoms with Crippen molar-refractivity contribution in [3.63, 3.8) is 0 Å². The molecule has 0 aliphatic heterocycles. The predicted molar refractivity (Wildman–Crippen MR) is 73.1 cm³/mol. The molecule has 1 aromatic carbocycles. The number of amides is 1. The minimum atomic E-state index is -2.18. The van der Waals surface area contributed by atoms with Crippen LogP contribution in [0.25, 0.3) is 0 Å². The summed E-state index contributed by atoms with van der Waals surface area (Å²) in [5.74, 6) is -9.54. The van der Waals surface area contributed by atoms with E-state index in [0.29, 0.717) is 12.5 Å². The number of rotatable bonds is 7. The van der Waals surface area contributed by atoms with Gasteiger partial charge in [-0.1, -0.05) is 0 Å². The quantitative estimate of drug-likeness (QED) is 0.456. The Bertz CT molecular complexity index is 575. The molecule has 0 spiro atoms. The predicted octanol–water partition coefficient (Wildman–Crippen LogP) is 2.43. The summed E-state index contributed by atoms with van der Waals surface area (Å²) in [5, 5.41) is 5.39. The van der Waals surface area contributed by atoms with Gasteiger partial charge in [-0.3, -0.25) is 4.79 Å². The van der Waals surface area contributed by atoms with Crippen molar-refractivity contribution in [2.75, 3.05) is 13.1 Å². The van der Waals surface area contributed by atoms with Crippen LogP contribution in [0.2, 0.25) is 0 Å². The maximum atomic E-state index is 13.6. The minimum Gasteiger partial charge on any atom is -0.355 e. The van der Waals surface area contributed by atoms with E-state index < -0.39 is 47.1 Å². The van der Waals surface area contributed by atoms with Crippen LogP contribution in [0.1, 0.15) is 25.3 Å². The second-order valence-corrected chi connectivity index (χ2v) is 5.78. The molecule has 1 aliphatic rings. The zero-order valence-electron chi connectivity index (χ0n) is 12.5. The SMILES string of the molecule is C[C@H](Cc1c(F)c(F)c(F)c(F)c1F)NCC(=O)NCC1CC1. The van der Waals surface area contributed by atoms with E-state index in [2.05, 4.69) is 10.6 Å². The number of hydrogen-bond acceptors (Lipinski definition) is 2. The van der Waals surface area contributed by atoms with Crippen LogP contribution in [0.3, 0.4) is 0 Å². The van der Waals surface area contributed by atoms with Gasteiger partial charge in [0.1, 0.15) is 0 Å². The van der Waals surface area contributed by atoms with Crippen molar-refractivity contribution in [1.29, 1.82) is 0 Å². The first kappa shape index (κ1) is 17.7. The lowest BCUT2D eigenvalue weighted by Crippen LogP contribution is -2.39. The summed E-state index contributed by atoms with van der Waals surface area (Å²) in [7, 11) is 0. The smallest absolute Gasteiger partial charge is 0.233 e. The molecule has 0 saturated heterocycles. The van der Waals surface area contributed by atoms with E-state index in [-0.39, 0.29) is 12.5 Å². The van der Waals surface area contributed by atoms with E-state index in [1.165, 1.54) is 6.92 Å². The van der Waals surface area contributed by atoms with Gasteiger partial charge in [0.2, 0.25) is 11.7 Å². The Kier molecular flexibility index (Phi) is 5.56. The number of carbonyl (C=O) groups excluding carboxylic acids is 1. The van der Waals surface area contributed by atoms with Crippen molar-refractivity contribution in [3.05, 3.63) is 34.6 Å². The highest BCUT2D eigenvalue weighted by atomic mass is 19.2. The molecule has 1 aromatic rings. The molecule has 8 heteroatoms. The Balaban J connectivity index is 1.91. The Morgan fingerprint density at radius 1 is 1.04 bits per heavy atom. The van der Waals surface area contributed by atoms with Crippen LogP contribution in [0.5, 0.6) is 0 Å². The van der Waals surface area contributed by atoms with Crippen LogP contribution in [0.15, 0.2) is 0 Å². The molecule has 2 N–H and O–H groups in total. The first-order chi connectivity index (χ1) is 10.8. The fourth-order valence-corrected chi connectivity index (χ4v) is 2.12. The molecular weight excluding hydrogens is 319 g/mol. The van der Waals surface area contributed by atoms with Gasteiger partial charge in [-0.2, -0.15) is 0 Å². The Labute approximate surface area is 130 Å². The van der Waals surface area contributed by atoms with Gasteiger partial charge in [0.25, 0.3) is 0 Å². The summed E-state index contributed by atoms with van der Waals surface area (Å²) in [6.07, 6.45) is 1.75. The third-order valence-electron chi connectivity index (χ3n) is 3.71. The largest absolute Gasteiger partial charge is 0.355 e. The summed E-state index contributed by atoms with van der Waals surface area (Å²) in [4.78, 5) is 11.5. The lowest BCUT2D eigenvalue weighted by Gasteiger charge is -2.15. The molecule has 0 aromatic heterocycles. The van der Waals surface area contributed by atoms with Crippen LogP contribution in [-0.4, -0.2) is 25.0 Å². The first-order valence-corrected chi connectivity index (χ1v) is 7.31. The molecule has 23 heavy (non-hydrogen) atoms. The first-order valence-electron chi connectivity index (χ1n) is 7.31. The van der Waals surface area contributed by atoms with Gasteiger partial charge in [0.15, 0.2) is 23.3 Å². The molecule has 128 valence electrons. The standard InChI is InChI=1S/C15H17F5N2O/c1-7(21-6-10(23)22-5-8-2-3-8)4-9-11(16)13(18)15(20)14(19)12(9)17/h7-8,21H,2-6H2,1H3,(H,22,23)/t7-/m1/s1. The summed E-state index contributed by atoms with van der Waals surface area (Å²) in [6.45, 7) is 1.99. The van der Waals surface area contributed by atoms with Crippen molar-refractivity contribution in [2.45, 2.75) is 32.2 Å². The highest BCUT2D eigenvalue weighted by Gasteiger charge is 2.26. The average molecular weight is 336 g/mol. The Morgan fingerprint density at radius 2 is 1.57 bits per heavy atom. The molecule has 1 atom stereocenters. The van der Waals surface area contributed by atoms with E-state index in [1.54, 1.807) is 0 Å². The molecular formula is C15H17F5N2O. The molecule has 1 fully saturated rings. The molecule has 0 unspecified atom stereocenters. The lowest BCUT2D eigenvalue weighted by atomic mass is 10.0. The second-order valence-electron chi connectivity index (χ2n) is 5.78. The molecule has 1 saturated carbocycles. The second kappa shape index (κ2) is 7.25. The normalized spacial score (nSPS) is 15.6. The van der Waals surface area contributed by atoms with Gasteiger partial charge in [-0.25, -0.2) is 22.0 Å². The van der Waals surface area contributed by atoms with Crippen LogP contribution < -0.4 is 10.6 Å². The van der Waals surface area contributed by atoms with Crippen molar-refractivity contribution < 1.29 is 26.7 Å². The van der Waals surface area contributed by atoms with E-state index in [9.17, 15) is 26.7 Å². The topological polar surface area (TPSA) is 41.1 Å². The Hall–Kier alpha value is -1.70. The highest BCUT2D eigenvalue weighted by Crippen LogP contribution is 2.27. The number of carbonyl (C=O) groups is 1. The van der Waals surface area contributed by atoms with Gasteiger partial charge < -0.3 is 10.6 Å². The lowest BCUT2D eigenvalue weighted by molar-refractivity contribution is -0.120. The third-order valence-corrected chi connectivity index (χ3v) is 3.71. The van der Waals surface area contributed by atoms with Crippen LogP contribution >= 0.6 is 0 Å². The van der Waals surface area contributed by atoms with Crippen molar-refractivity contribution in [3.8, 4) is 0 Å². The molecule has 0 bridgehead atoms. The number of nitrogens with one attached hydrogen (secondary N) is 2. The van der Waals surface area contributed by atoms with Gasteiger partial charge in [0, 0.05) is 18.2 Å². The van der Waals surface area contributed by atoms with Crippen molar-refractivity contribution >= 4 is 5.91 Å². The molecule has 1 amide bonds. The van der Waals surface area contributed by atoms with Gasteiger partial charge in [-0.15, -0.1) is 0 Å². The van der Waals surface area contributed by atoms with E-state index in [0.717, 1.165) is 12.8 Å². The fourth-order valence-electron chi connectivity index (χ4n) is 2.12. The number of hydrogen-bond donors (Lipinski definition) is 2. The Morgan fingerprint density at radius 3 is 2.09 bits per heavy atom. The van der Waals surface area contributed by atoms with E-state index in [1.807, 2.05) is 0 Å². The maximum Gasteiger partial charge on any atom is 0.233 e.